The Kier molecular flexibility index (Phi) is 4.29. The molecule has 1 fully saturated rings. The van der Waals surface area contributed by atoms with Crippen molar-refractivity contribution >= 4 is 21.8 Å². The Morgan fingerprint density at radius 2 is 1.91 bits per heavy atom. The molecule has 0 aliphatic heterocycles. The second-order valence-electron chi connectivity index (χ2n) is 5.75. The Labute approximate surface area is 137 Å². The number of amides is 1. The molecule has 1 N–H and O–H groups in total. The van der Waals surface area contributed by atoms with Crippen molar-refractivity contribution in [1.29, 1.82) is 0 Å². The van der Waals surface area contributed by atoms with Crippen LogP contribution >= 0.6 is 15.9 Å². The van der Waals surface area contributed by atoms with E-state index in [2.05, 4.69) is 31.4 Å². The predicted molar refractivity (Wildman–Crippen MR) is 85.4 cm³/mol. The highest BCUT2D eigenvalue weighted by atomic mass is 79.9. The number of carbonyl (C=O) groups excluding carboxylic acids is 1. The van der Waals surface area contributed by atoms with Gasteiger partial charge in [0.15, 0.2) is 5.82 Å². The summed E-state index contributed by atoms with van der Waals surface area (Å²) in [6, 6.07) is 7.32. The Balaban J connectivity index is 1.87. The average molecular weight is 364 g/mol. The quantitative estimate of drug-likeness (QED) is 0.901. The molecule has 0 saturated heterocycles. The van der Waals surface area contributed by atoms with Crippen molar-refractivity contribution in [3.63, 3.8) is 0 Å². The molecule has 1 heterocycles. The lowest BCUT2D eigenvalue weighted by atomic mass is 9.81. The molecule has 1 saturated carbocycles. The molecule has 0 atom stereocenters. The molecule has 1 aliphatic rings. The number of nitrogens with zero attached hydrogens (tertiary/aromatic N) is 2. The second kappa shape index (κ2) is 6.20. The van der Waals surface area contributed by atoms with Crippen LogP contribution in [0.5, 0.6) is 0 Å². The topological polar surface area (TPSA) is 68.0 Å². The second-order valence-corrected chi connectivity index (χ2v) is 6.67. The highest BCUT2D eigenvalue weighted by Gasteiger charge is 2.40. The summed E-state index contributed by atoms with van der Waals surface area (Å²) >= 11 is 3.38. The van der Waals surface area contributed by atoms with E-state index in [0.29, 0.717) is 17.3 Å². The molecule has 1 aromatic carbocycles. The first-order valence-electron chi connectivity index (χ1n) is 7.48. The average Bonchev–Trinajstić information content (AvgIpc) is 2.96. The van der Waals surface area contributed by atoms with E-state index >= 15 is 0 Å². The molecular formula is C16H18BrN3O2. The largest absolute Gasteiger partial charge is 0.338 e. The van der Waals surface area contributed by atoms with Gasteiger partial charge in [-0.25, -0.2) is 0 Å². The maximum absolute atomic E-state index is 12.6. The molecule has 3 rings (SSSR count). The molecule has 0 spiro atoms. The van der Waals surface area contributed by atoms with Crippen LogP contribution in [0.4, 0.5) is 0 Å². The fraction of sp³-hybridized carbons (Fsp3) is 0.438. The van der Waals surface area contributed by atoms with E-state index in [1.54, 1.807) is 19.1 Å². The van der Waals surface area contributed by atoms with E-state index < -0.39 is 5.54 Å². The fourth-order valence-corrected chi connectivity index (χ4v) is 3.19. The number of rotatable bonds is 3. The maximum atomic E-state index is 12.6. The summed E-state index contributed by atoms with van der Waals surface area (Å²) in [5.41, 5.74) is 0.0910. The van der Waals surface area contributed by atoms with Gasteiger partial charge in [0.1, 0.15) is 5.54 Å². The van der Waals surface area contributed by atoms with Crippen LogP contribution < -0.4 is 5.32 Å². The van der Waals surface area contributed by atoms with Gasteiger partial charge < -0.3 is 9.84 Å². The molecule has 0 radical (unpaired) electrons. The van der Waals surface area contributed by atoms with Crippen molar-refractivity contribution in [3.8, 4) is 0 Å². The Morgan fingerprint density at radius 3 is 2.50 bits per heavy atom. The van der Waals surface area contributed by atoms with Crippen LogP contribution in [0.2, 0.25) is 0 Å². The van der Waals surface area contributed by atoms with E-state index in [1.807, 2.05) is 12.1 Å². The Bertz CT molecular complexity index is 660. The summed E-state index contributed by atoms with van der Waals surface area (Å²) in [7, 11) is 0. The number of carbonyl (C=O) groups is 1. The van der Waals surface area contributed by atoms with Crippen molar-refractivity contribution < 1.29 is 9.32 Å². The number of aryl methyl sites for hydroxylation is 1. The summed E-state index contributed by atoms with van der Waals surface area (Å²) in [5, 5.41) is 7.03. The van der Waals surface area contributed by atoms with Crippen LogP contribution in [0.15, 0.2) is 33.3 Å². The van der Waals surface area contributed by atoms with Crippen molar-refractivity contribution in [2.24, 2.45) is 0 Å². The van der Waals surface area contributed by atoms with Crippen LogP contribution in [0.3, 0.4) is 0 Å². The zero-order chi connectivity index (χ0) is 15.6. The van der Waals surface area contributed by atoms with Gasteiger partial charge in [0, 0.05) is 10.0 Å². The van der Waals surface area contributed by atoms with E-state index in [0.717, 1.165) is 30.2 Å². The van der Waals surface area contributed by atoms with Crippen molar-refractivity contribution in [2.75, 3.05) is 0 Å². The molecule has 1 aromatic heterocycles. The van der Waals surface area contributed by atoms with E-state index in [9.17, 15) is 4.79 Å². The van der Waals surface area contributed by atoms with Crippen molar-refractivity contribution in [3.05, 3.63) is 46.0 Å². The van der Waals surface area contributed by atoms with E-state index in [1.165, 1.54) is 6.42 Å². The summed E-state index contributed by atoms with van der Waals surface area (Å²) in [4.78, 5) is 17.0. The molecule has 1 amide bonds. The van der Waals surface area contributed by atoms with Crippen molar-refractivity contribution in [1.82, 2.24) is 15.5 Å². The third kappa shape index (κ3) is 3.06. The van der Waals surface area contributed by atoms with Gasteiger partial charge in [-0.05, 0) is 44.0 Å². The molecule has 2 aromatic rings. The number of benzene rings is 1. The minimum atomic E-state index is -0.538. The standard InChI is InChI=1S/C16H18BrN3O2/c1-11-18-15(22-20-11)16(9-3-2-4-10-16)19-14(21)12-5-7-13(17)8-6-12/h5-8H,2-4,9-10H2,1H3,(H,19,21). The Hall–Kier alpha value is -1.69. The molecule has 0 unspecified atom stereocenters. The predicted octanol–water partition coefficient (Wildman–Crippen LogP) is 3.73. The molecule has 116 valence electrons. The lowest BCUT2D eigenvalue weighted by molar-refractivity contribution is 0.0824. The molecule has 0 bridgehead atoms. The summed E-state index contributed by atoms with van der Waals surface area (Å²) in [5.74, 6) is 1.01. The molecular weight excluding hydrogens is 346 g/mol. The molecule has 5 nitrogen and oxygen atoms in total. The van der Waals surface area contributed by atoms with Crippen LogP contribution in [-0.2, 0) is 5.54 Å². The SMILES string of the molecule is Cc1noc(C2(NC(=O)c3ccc(Br)cc3)CCCCC2)n1. The van der Waals surface area contributed by atoms with Gasteiger partial charge in [-0.2, -0.15) is 4.98 Å². The number of halogens is 1. The zero-order valence-corrected chi connectivity index (χ0v) is 14.0. The number of aromatic nitrogens is 2. The normalized spacial score (nSPS) is 17.2. The van der Waals surface area contributed by atoms with Crippen molar-refractivity contribution in [2.45, 2.75) is 44.6 Å². The highest BCUT2D eigenvalue weighted by Crippen LogP contribution is 2.36. The zero-order valence-electron chi connectivity index (χ0n) is 12.4. The minimum Gasteiger partial charge on any atom is -0.338 e. The maximum Gasteiger partial charge on any atom is 0.252 e. The molecule has 6 heteroatoms. The van der Waals surface area contributed by atoms with Gasteiger partial charge in [0.05, 0.1) is 0 Å². The van der Waals surface area contributed by atoms with Crippen LogP contribution in [0.1, 0.15) is 54.2 Å². The summed E-state index contributed by atoms with van der Waals surface area (Å²) in [6.07, 6.45) is 4.92. The van der Waals surface area contributed by atoms with Crippen LogP contribution in [0, 0.1) is 6.92 Å². The van der Waals surface area contributed by atoms with Gasteiger partial charge in [-0.1, -0.05) is 40.3 Å². The molecule has 22 heavy (non-hydrogen) atoms. The summed E-state index contributed by atoms with van der Waals surface area (Å²) in [6.45, 7) is 1.79. The first kappa shape index (κ1) is 15.2. The fourth-order valence-electron chi connectivity index (χ4n) is 2.93. The number of hydrogen-bond donors (Lipinski definition) is 1. The third-order valence-electron chi connectivity index (χ3n) is 4.10. The van der Waals surface area contributed by atoms with Gasteiger partial charge in [-0.3, -0.25) is 4.79 Å². The Morgan fingerprint density at radius 1 is 1.23 bits per heavy atom. The summed E-state index contributed by atoms with van der Waals surface area (Å²) < 4.78 is 6.33. The van der Waals surface area contributed by atoms with Gasteiger partial charge in [-0.15, -0.1) is 0 Å². The number of nitrogens with one attached hydrogen (secondary N) is 1. The van der Waals surface area contributed by atoms with Gasteiger partial charge >= 0.3 is 0 Å². The monoisotopic (exact) mass is 363 g/mol. The van der Waals surface area contributed by atoms with Gasteiger partial charge in [0.25, 0.3) is 11.8 Å². The van der Waals surface area contributed by atoms with Gasteiger partial charge in [0.2, 0.25) is 0 Å². The van der Waals surface area contributed by atoms with Crippen LogP contribution in [0.25, 0.3) is 0 Å². The third-order valence-corrected chi connectivity index (χ3v) is 4.63. The van der Waals surface area contributed by atoms with E-state index in [-0.39, 0.29) is 5.91 Å². The first-order chi connectivity index (χ1) is 10.6. The minimum absolute atomic E-state index is 0.106. The molecule has 1 aliphatic carbocycles. The first-order valence-corrected chi connectivity index (χ1v) is 8.27. The lowest BCUT2D eigenvalue weighted by Gasteiger charge is -2.34. The lowest BCUT2D eigenvalue weighted by Crippen LogP contribution is -2.47. The van der Waals surface area contributed by atoms with E-state index in [4.69, 9.17) is 4.52 Å². The highest BCUT2D eigenvalue weighted by molar-refractivity contribution is 9.10. The van der Waals surface area contributed by atoms with Crippen LogP contribution in [-0.4, -0.2) is 16.0 Å². The number of hydrogen-bond acceptors (Lipinski definition) is 4. The smallest absolute Gasteiger partial charge is 0.252 e.